The van der Waals surface area contributed by atoms with Crippen molar-refractivity contribution in [3.8, 4) is 11.6 Å². The van der Waals surface area contributed by atoms with Crippen molar-refractivity contribution in [2.24, 2.45) is 11.8 Å². The third-order valence-electron chi connectivity index (χ3n) is 7.77. The normalized spacial score (nSPS) is 20.8. The minimum atomic E-state index is -4.70. The van der Waals surface area contributed by atoms with Gasteiger partial charge >= 0.3 is 6.18 Å². The molecule has 1 aromatic heterocycles. The molecule has 2 fully saturated rings. The summed E-state index contributed by atoms with van der Waals surface area (Å²) in [6.07, 6.45) is 0.683. The maximum atomic E-state index is 14.0. The summed E-state index contributed by atoms with van der Waals surface area (Å²) in [4.78, 5) is 33.4. The number of nitrogens with zero attached hydrogens (tertiary/aromatic N) is 3. The molecule has 1 saturated carbocycles. The number of ether oxygens (including phenoxy) is 3. The summed E-state index contributed by atoms with van der Waals surface area (Å²) in [5, 5.41) is 0. The van der Waals surface area contributed by atoms with E-state index >= 15 is 0 Å². The number of hydrogen-bond donors (Lipinski definition) is 0. The first-order valence-corrected chi connectivity index (χ1v) is 14.1. The smallest absolute Gasteiger partial charge is 0.421 e. The molecule has 1 aromatic carbocycles. The van der Waals surface area contributed by atoms with Crippen LogP contribution in [0.25, 0.3) is 0 Å². The van der Waals surface area contributed by atoms with Gasteiger partial charge in [-0.25, -0.2) is 4.98 Å². The highest BCUT2D eigenvalue weighted by molar-refractivity contribution is 6.00. The molecule has 0 unspecified atom stereocenters. The van der Waals surface area contributed by atoms with E-state index in [0.717, 1.165) is 31.7 Å². The Bertz CT molecular complexity index is 1190. The predicted octanol–water partition coefficient (Wildman–Crippen LogP) is 5.73. The van der Waals surface area contributed by atoms with Crippen LogP contribution in [0.1, 0.15) is 61.0 Å². The number of pyridine rings is 1. The summed E-state index contributed by atoms with van der Waals surface area (Å²) in [5.74, 6) is -0.294. The standard InChI is InChI=1S/C30H38F3N3O5/c1-20-4-6-23(7-5-20)29(38)36(21(2)19-39-3)27-9-8-25(15-24(27)18-37)41-28-26(30(31,32)33)14-22(16-34-28)17-35-10-12-40-13-11-35/h8-9,14-16,18,20-21,23H,4-7,10-13,17,19H2,1-3H3/t20-,21-,23-/m0/s1. The molecule has 2 heterocycles. The van der Waals surface area contributed by atoms with Crippen molar-refractivity contribution in [3.63, 3.8) is 0 Å². The highest BCUT2D eigenvalue weighted by atomic mass is 19.4. The number of hydrogen-bond acceptors (Lipinski definition) is 7. The molecule has 1 amide bonds. The van der Waals surface area contributed by atoms with Crippen LogP contribution in [-0.4, -0.2) is 68.1 Å². The summed E-state index contributed by atoms with van der Waals surface area (Å²) in [6, 6.07) is 5.01. The Hall–Kier alpha value is -3.02. The van der Waals surface area contributed by atoms with E-state index in [-0.39, 0.29) is 35.8 Å². The van der Waals surface area contributed by atoms with Gasteiger partial charge in [0.05, 0.1) is 31.5 Å². The predicted molar refractivity (Wildman–Crippen MR) is 147 cm³/mol. The van der Waals surface area contributed by atoms with Crippen molar-refractivity contribution in [2.75, 3.05) is 44.9 Å². The summed E-state index contributed by atoms with van der Waals surface area (Å²) in [6.45, 7) is 6.89. The number of carbonyl (C=O) groups is 2. The molecule has 41 heavy (non-hydrogen) atoms. The number of aldehydes is 1. The average Bonchev–Trinajstić information content (AvgIpc) is 2.95. The van der Waals surface area contributed by atoms with E-state index in [1.54, 1.807) is 4.90 Å². The highest BCUT2D eigenvalue weighted by Crippen LogP contribution is 2.39. The van der Waals surface area contributed by atoms with E-state index in [0.29, 0.717) is 56.3 Å². The number of alkyl halides is 3. The van der Waals surface area contributed by atoms with Crippen LogP contribution in [0.2, 0.25) is 0 Å². The number of rotatable bonds is 10. The van der Waals surface area contributed by atoms with E-state index in [2.05, 4.69) is 11.9 Å². The van der Waals surface area contributed by atoms with Crippen LogP contribution in [-0.2, 0) is 27.0 Å². The Morgan fingerprint density at radius 1 is 1.20 bits per heavy atom. The van der Waals surface area contributed by atoms with Crippen molar-refractivity contribution < 1.29 is 37.0 Å². The molecule has 0 N–H and O–H groups in total. The van der Waals surface area contributed by atoms with Crippen LogP contribution in [0.5, 0.6) is 11.6 Å². The molecule has 1 aliphatic carbocycles. The zero-order valence-corrected chi connectivity index (χ0v) is 23.8. The Kier molecular flexibility index (Phi) is 10.4. The number of halogens is 3. The number of carbonyl (C=O) groups excluding carboxylic acids is 2. The van der Waals surface area contributed by atoms with Crippen molar-refractivity contribution in [1.82, 2.24) is 9.88 Å². The lowest BCUT2D eigenvalue weighted by atomic mass is 9.82. The third-order valence-corrected chi connectivity index (χ3v) is 7.77. The second kappa shape index (κ2) is 13.8. The molecule has 0 spiro atoms. The fourth-order valence-corrected chi connectivity index (χ4v) is 5.50. The van der Waals surface area contributed by atoms with Crippen LogP contribution in [0.3, 0.4) is 0 Å². The second-order valence-corrected chi connectivity index (χ2v) is 11.0. The molecule has 0 radical (unpaired) electrons. The molecule has 1 aliphatic heterocycles. The number of amides is 1. The zero-order chi connectivity index (χ0) is 29.6. The maximum absolute atomic E-state index is 14.0. The third kappa shape index (κ3) is 7.84. The first-order valence-electron chi connectivity index (χ1n) is 14.1. The van der Waals surface area contributed by atoms with Gasteiger partial charge in [-0.1, -0.05) is 6.92 Å². The Morgan fingerprint density at radius 2 is 1.90 bits per heavy atom. The van der Waals surface area contributed by atoms with Gasteiger partial charge in [-0.2, -0.15) is 13.2 Å². The minimum absolute atomic E-state index is 0.00747. The Morgan fingerprint density at radius 3 is 2.54 bits per heavy atom. The van der Waals surface area contributed by atoms with Gasteiger partial charge in [-0.3, -0.25) is 14.5 Å². The number of morpholine rings is 1. The Labute approximate surface area is 238 Å². The van der Waals surface area contributed by atoms with E-state index in [1.165, 1.54) is 31.5 Å². The number of benzene rings is 1. The molecule has 1 saturated heterocycles. The lowest BCUT2D eigenvalue weighted by Crippen LogP contribution is -2.45. The number of anilines is 1. The lowest BCUT2D eigenvalue weighted by molar-refractivity contribution is -0.139. The van der Waals surface area contributed by atoms with Gasteiger partial charge in [0.15, 0.2) is 6.29 Å². The summed E-state index contributed by atoms with van der Waals surface area (Å²) >= 11 is 0. The SMILES string of the molecule is COC[C@H](C)N(c1ccc(Oc2ncc(CN3CCOCC3)cc2C(F)(F)F)cc1C=O)C(=O)[C@H]1CC[C@H](C)CC1. The number of methoxy groups -OCH3 is 1. The first-order chi connectivity index (χ1) is 19.6. The molecule has 11 heteroatoms. The molecule has 4 rings (SSSR count). The molecule has 224 valence electrons. The van der Waals surface area contributed by atoms with Gasteiger partial charge in [-0.05, 0) is 68.4 Å². The number of aromatic nitrogens is 1. The van der Waals surface area contributed by atoms with Gasteiger partial charge in [0.2, 0.25) is 11.8 Å². The molecule has 2 aliphatic rings. The van der Waals surface area contributed by atoms with Crippen LogP contribution in [0.15, 0.2) is 30.5 Å². The van der Waals surface area contributed by atoms with Crippen LogP contribution in [0, 0.1) is 11.8 Å². The quantitative estimate of drug-likeness (QED) is 0.334. The van der Waals surface area contributed by atoms with E-state index in [9.17, 15) is 22.8 Å². The largest absolute Gasteiger partial charge is 0.438 e. The molecular weight excluding hydrogens is 539 g/mol. The summed E-state index contributed by atoms with van der Waals surface area (Å²) < 4.78 is 58.2. The highest BCUT2D eigenvalue weighted by Gasteiger charge is 2.37. The summed E-state index contributed by atoms with van der Waals surface area (Å²) in [5.41, 5.74) is -0.100. The van der Waals surface area contributed by atoms with E-state index in [1.807, 2.05) is 11.8 Å². The van der Waals surface area contributed by atoms with Crippen LogP contribution < -0.4 is 9.64 Å². The Balaban J connectivity index is 1.60. The van der Waals surface area contributed by atoms with Gasteiger partial charge in [-0.15, -0.1) is 0 Å². The van der Waals surface area contributed by atoms with Crippen molar-refractivity contribution in [2.45, 2.75) is 58.3 Å². The monoisotopic (exact) mass is 577 g/mol. The summed E-state index contributed by atoms with van der Waals surface area (Å²) in [7, 11) is 1.54. The minimum Gasteiger partial charge on any atom is -0.438 e. The molecule has 8 nitrogen and oxygen atoms in total. The van der Waals surface area contributed by atoms with Gasteiger partial charge in [0, 0.05) is 44.4 Å². The molecule has 2 aromatic rings. The van der Waals surface area contributed by atoms with Crippen LogP contribution >= 0.6 is 0 Å². The van der Waals surface area contributed by atoms with Crippen molar-refractivity contribution in [3.05, 3.63) is 47.2 Å². The van der Waals surface area contributed by atoms with Gasteiger partial charge < -0.3 is 19.1 Å². The molecule has 1 atom stereocenters. The van der Waals surface area contributed by atoms with E-state index < -0.39 is 17.6 Å². The fourth-order valence-electron chi connectivity index (χ4n) is 5.50. The average molecular weight is 578 g/mol. The van der Waals surface area contributed by atoms with Crippen LogP contribution in [0.4, 0.5) is 18.9 Å². The molecule has 0 bridgehead atoms. The lowest BCUT2D eigenvalue weighted by Gasteiger charge is -2.35. The zero-order valence-electron chi connectivity index (χ0n) is 23.8. The van der Waals surface area contributed by atoms with Crippen molar-refractivity contribution in [1.29, 1.82) is 0 Å². The fraction of sp³-hybridized carbons (Fsp3) is 0.567. The van der Waals surface area contributed by atoms with Gasteiger partial charge in [0.25, 0.3) is 0 Å². The van der Waals surface area contributed by atoms with Gasteiger partial charge in [0.1, 0.15) is 11.3 Å². The first kappa shape index (κ1) is 30.9. The van der Waals surface area contributed by atoms with Crippen molar-refractivity contribution >= 4 is 17.9 Å². The van der Waals surface area contributed by atoms with E-state index in [4.69, 9.17) is 14.2 Å². The topological polar surface area (TPSA) is 81.2 Å². The maximum Gasteiger partial charge on any atom is 0.421 e. The molecular formula is C30H38F3N3O5. The second-order valence-electron chi connectivity index (χ2n) is 11.0.